The molecule has 2 N–H and O–H groups in total. The third-order valence-electron chi connectivity index (χ3n) is 2.76. The molecule has 94 valence electrons. The molecule has 0 aromatic rings. The number of methoxy groups -OCH3 is 1. The molecule has 16 heavy (non-hydrogen) atoms. The molecule has 1 rings (SSSR count). The summed E-state index contributed by atoms with van der Waals surface area (Å²) in [6, 6.07) is 0. The van der Waals surface area contributed by atoms with E-state index in [1.165, 1.54) is 0 Å². The van der Waals surface area contributed by atoms with Crippen LogP contribution < -0.4 is 5.32 Å². The summed E-state index contributed by atoms with van der Waals surface area (Å²) >= 11 is 0. The van der Waals surface area contributed by atoms with E-state index in [2.05, 4.69) is 5.32 Å². The van der Waals surface area contributed by atoms with Crippen LogP contribution >= 0.6 is 0 Å². The topological polar surface area (TPSA) is 67.8 Å². The minimum atomic E-state index is -0.736. The van der Waals surface area contributed by atoms with E-state index in [1.54, 1.807) is 7.11 Å². The van der Waals surface area contributed by atoms with Crippen molar-refractivity contribution in [1.29, 1.82) is 0 Å². The summed E-state index contributed by atoms with van der Waals surface area (Å²) in [5.74, 6) is -1.04. The van der Waals surface area contributed by atoms with Crippen molar-refractivity contribution in [2.75, 3.05) is 33.4 Å². The molecular formula is C11H21NO4. The van der Waals surface area contributed by atoms with Crippen LogP contribution in [0.25, 0.3) is 0 Å². The fraction of sp³-hybridized carbons (Fsp3) is 0.909. The minimum Gasteiger partial charge on any atom is -0.481 e. The summed E-state index contributed by atoms with van der Waals surface area (Å²) in [7, 11) is 1.68. The Morgan fingerprint density at radius 1 is 1.38 bits per heavy atom. The van der Waals surface area contributed by atoms with Gasteiger partial charge in [0, 0.05) is 33.4 Å². The zero-order valence-corrected chi connectivity index (χ0v) is 9.78. The van der Waals surface area contributed by atoms with Gasteiger partial charge in [0.25, 0.3) is 0 Å². The highest BCUT2D eigenvalue weighted by atomic mass is 16.5. The molecule has 1 heterocycles. The van der Waals surface area contributed by atoms with Crippen LogP contribution in [-0.4, -0.2) is 50.6 Å². The number of ether oxygens (including phenoxy) is 2. The lowest BCUT2D eigenvalue weighted by Crippen LogP contribution is -2.43. The van der Waals surface area contributed by atoms with Crippen LogP contribution in [0.15, 0.2) is 0 Å². The van der Waals surface area contributed by atoms with Gasteiger partial charge in [0.15, 0.2) is 0 Å². The number of unbranched alkanes of at least 4 members (excludes halogenated alkanes) is 1. The van der Waals surface area contributed by atoms with Crippen LogP contribution in [0.4, 0.5) is 0 Å². The number of carbonyl (C=O) groups is 1. The summed E-state index contributed by atoms with van der Waals surface area (Å²) in [5.41, 5.74) is 0. The lowest BCUT2D eigenvalue weighted by molar-refractivity contribution is -0.144. The summed E-state index contributed by atoms with van der Waals surface area (Å²) in [4.78, 5) is 10.8. The molecular weight excluding hydrogens is 210 g/mol. The zero-order valence-electron chi connectivity index (χ0n) is 9.78. The molecule has 0 aromatic heterocycles. The first-order valence-electron chi connectivity index (χ1n) is 5.78. The van der Waals surface area contributed by atoms with E-state index in [9.17, 15) is 4.79 Å². The molecule has 1 fully saturated rings. The third kappa shape index (κ3) is 4.92. The van der Waals surface area contributed by atoms with Crippen molar-refractivity contribution in [3.8, 4) is 0 Å². The van der Waals surface area contributed by atoms with E-state index in [1.807, 2.05) is 0 Å². The van der Waals surface area contributed by atoms with E-state index < -0.39 is 5.97 Å². The Labute approximate surface area is 96.1 Å². The predicted octanol–water partition coefficient (Wildman–Crippen LogP) is 0.492. The molecule has 0 aliphatic carbocycles. The molecule has 1 aliphatic rings. The average Bonchev–Trinajstić information content (AvgIpc) is 2.29. The first-order chi connectivity index (χ1) is 7.74. The van der Waals surface area contributed by atoms with E-state index in [0.29, 0.717) is 19.6 Å². The second kappa shape index (κ2) is 7.60. The number of aliphatic carboxylic acids is 1. The fourth-order valence-corrected chi connectivity index (χ4v) is 1.82. The fourth-order valence-electron chi connectivity index (χ4n) is 1.82. The normalized spacial score (nSPS) is 25.6. The van der Waals surface area contributed by atoms with Crippen LogP contribution in [0.1, 0.15) is 19.3 Å². The van der Waals surface area contributed by atoms with Gasteiger partial charge in [0.1, 0.15) is 0 Å². The van der Waals surface area contributed by atoms with Crippen LogP contribution in [0.3, 0.4) is 0 Å². The predicted molar refractivity (Wildman–Crippen MR) is 59.5 cm³/mol. The summed E-state index contributed by atoms with van der Waals surface area (Å²) in [6.45, 7) is 2.75. The minimum absolute atomic E-state index is 0.0393. The van der Waals surface area contributed by atoms with Gasteiger partial charge in [-0.3, -0.25) is 4.79 Å². The van der Waals surface area contributed by atoms with Gasteiger partial charge in [-0.15, -0.1) is 0 Å². The number of carboxylic acid groups (broad SMARTS) is 1. The Balaban J connectivity index is 2.10. The van der Waals surface area contributed by atoms with Crippen molar-refractivity contribution in [1.82, 2.24) is 5.32 Å². The molecule has 0 saturated carbocycles. The van der Waals surface area contributed by atoms with Crippen LogP contribution in [0.5, 0.6) is 0 Å². The Kier molecular flexibility index (Phi) is 6.37. The molecule has 0 radical (unpaired) electrons. The number of nitrogens with one attached hydrogen (secondary N) is 1. The second-order valence-corrected chi connectivity index (χ2v) is 4.12. The van der Waals surface area contributed by atoms with Crippen LogP contribution in [-0.2, 0) is 14.3 Å². The molecule has 2 unspecified atom stereocenters. The Morgan fingerprint density at radius 2 is 2.12 bits per heavy atom. The van der Waals surface area contributed by atoms with Crippen molar-refractivity contribution in [3.05, 3.63) is 0 Å². The van der Waals surface area contributed by atoms with Gasteiger partial charge in [-0.05, 0) is 19.3 Å². The van der Waals surface area contributed by atoms with E-state index in [0.717, 1.165) is 26.0 Å². The zero-order chi connectivity index (χ0) is 11.8. The number of hydrogen-bond donors (Lipinski definition) is 2. The van der Waals surface area contributed by atoms with Crippen molar-refractivity contribution in [2.45, 2.75) is 25.4 Å². The highest BCUT2D eigenvalue weighted by Gasteiger charge is 2.26. The number of rotatable bonds is 7. The summed E-state index contributed by atoms with van der Waals surface area (Å²) in [6.07, 6.45) is 2.60. The summed E-state index contributed by atoms with van der Waals surface area (Å²) < 4.78 is 10.6. The first-order valence-corrected chi connectivity index (χ1v) is 5.78. The van der Waals surface area contributed by atoms with Crippen LogP contribution in [0, 0.1) is 5.92 Å². The van der Waals surface area contributed by atoms with Gasteiger partial charge in [0.2, 0.25) is 0 Å². The standard InChI is InChI=1S/C11H21NO4/c1-15-4-2-3-5-16-10-6-9(11(13)14)7-12-8-10/h9-10,12H,2-8H2,1H3,(H,13,14). The molecule has 0 spiro atoms. The SMILES string of the molecule is COCCCCOC1CNCC(C(=O)O)C1. The van der Waals surface area contributed by atoms with Gasteiger partial charge < -0.3 is 19.9 Å². The monoisotopic (exact) mass is 231 g/mol. The maximum atomic E-state index is 10.8. The number of piperidine rings is 1. The Bertz CT molecular complexity index is 210. The molecule has 1 aliphatic heterocycles. The quantitative estimate of drug-likeness (QED) is 0.624. The smallest absolute Gasteiger partial charge is 0.307 e. The van der Waals surface area contributed by atoms with Crippen LogP contribution in [0.2, 0.25) is 0 Å². The third-order valence-corrected chi connectivity index (χ3v) is 2.76. The highest BCUT2D eigenvalue weighted by Crippen LogP contribution is 2.14. The number of hydrogen-bond acceptors (Lipinski definition) is 4. The van der Waals surface area contributed by atoms with Crippen molar-refractivity contribution in [3.63, 3.8) is 0 Å². The van der Waals surface area contributed by atoms with Gasteiger partial charge in [-0.1, -0.05) is 0 Å². The lowest BCUT2D eigenvalue weighted by Gasteiger charge is -2.27. The maximum absolute atomic E-state index is 10.8. The molecule has 5 nitrogen and oxygen atoms in total. The molecule has 1 saturated heterocycles. The largest absolute Gasteiger partial charge is 0.481 e. The Hall–Kier alpha value is -0.650. The number of carboxylic acids is 1. The van der Waals surface area contributed by atoms with Crippen molar-refractivity contribution >= 4 is 5.97 Å². The van der Waals surface area contributed by atoms with E-state index in [4.69, 9.17) is 14.6 Å². The average molecular weight is 231 g/mol. The second-order valence-electron chi connectivity index (χ2n) is 4.12. The lowest BCUT2D eigenvalue weighted by atomic mass is 9.98. The van der Waals surface area contributed by atoms with E-state index >= 15 is 0 Å². The van der Waals surface area contributed by atoms with Gasteiger partial charge in [0.05, 0.1) is 12.0 Å². The maximum Gasteiger partial charge on any atom is 0.307 e. The van der Waals surface area contributed by atoms with E-state index in [-0.39, 0.29) is 12.0 Å². The highest BCUT2D eigenvalue weighted by molar-refractivity contribution is 5.70. The molecule has 2 atom stereocenters. The Morgan fingerprint density at radius 3 is 2.81 bits per heavy atom. The van der Waals surface area contributed by atoms with Crippen molar-refractivity contribution < 1.29 is 19.4 Å². The molecule has 0 bridgehead atoms. The van der Waals surface area contributed by atoms with Crippen molar-refractivity contribution in [2.24, 2.45) is 5.92 Å². The summed E-state index contributed by atoms with van der Waals surface area (Å²) in [5, 5.41) is 12.0. The first kappa shape index (κ1) is 13.4. The van der Waals surface area contributed by atoms with Gasteiger partial charge in [-0.25, -0.2) is 0 Å². The molecule has 0 amide bonds. The van der Waals surface area contributed by atoms with Gasteiger partial charge >= 0.3 is 5.97 Å². The molecule has 5 heteroatoms. The molecule has 0 aromatic carbocycles. The van der Waals surface area contributed by atoms with Gasteiger partial charge in [-0.2, -0.15) is 0 Å².